The van der Waals surface area contributed by atoms with Gasteiger partial charge in [0.15, 0.2) is 6.29 Å². The van der Waals surface area contributed by atoms with Gasteiger partial charge in [-0.2, -0.15) is 0 Å². The van der Waals surface area contributed by atoms with Crippen molar-refractivity contribution >= 4 is 29.5 Å². The van der Waals surface area contributed by atoms with Crippen LogP contribution in [0.4, 0.5) is 0 Å². The monoisotopic (exact) mass is 205 g/mol. The van der Waals surface area contributed by atoms with E-state index in [1.54, 1.807) is 0 Å². The fourth-order valence-corrected chi connectivity index (χ4v) is 0.915. The van der Waals surface area contributed by atoms with Crippen LogP contribution < -0.4 is 0 Å². The van der Waals surface area contributed by atoms with E-state index in [2.05, 4.69) is 4.98 Å². The van der Waals surface area contributed by atoms with Gasteiger partial charge < -0.3 is 0 Å². The fraction of sp³-hybridized carbons (Fsp3) is 0.250. The molecule has 66 valence electrons. The van der Waals surface area contributed by atoms with Gasteiger partial charge in [-0.25, -0.2) is 4.98 Å². The highest BCUT2D eigenvalue weighted by Crippen LogP contribution is 2.16. The third-order valence-electron chi connectivity index (χ3n) is 0.976. The number of carbonyl (C=O) groups is 1. The molecule has 0 N–H and O–H groups in total. The summed E-state index contributed by atoms with van der Waals surface area (Å²) < 4.78 is 0. The molecule has 12 heavy (non-hydrogen) atoms. The first-order chi connectivity index (χ1) is 5.74. The second-order valence-electron chi connectivity index (χ2n) is 1.65. The van der Waals surface area contributed by atoms with Gasteiger partial charge in [0, 0.05) is 6.20 Å². The average molecular weight is 206 g/mol. The summed E-state index contributed by atoms with van der Waals surface area (Å²) in [6.07, 6.45) is 1.96. The number of halogens is 2. The fourth-order valence-electron chi connectivity index (χ4n) is 0.505. The molecule has 0 aromatic carbocycles. The standard InChI is InChI=1S/C6H3Cl2NO.C2H6/c7-5-1-6(8)9-2-4(5)3-10;1-2/h1-3H;1-2H3. The van der Waals surface area contributed by atoms with Crippen molar-refractivity contribution in [2.45, 2.75) is 13.8 Å². The third kappa shape index (κ3) is 3.20. The summed E-state index contributed by atoms with van der Waals surface area (Å²) in [6, 6.07) is 1.42. The first-order valence-corrected chi connectivity index (χ1v) is 4.26. The number of hydrogen-bond acceptors (Lipinski definition) is 2. The van der Waals surface area contributed by atoms with Crippen LogP contribution in [0.1, 0.15) is 24.2 Å². The van der Waals surface area contributed by atoms with Crippen molar-refractivity contribution in [1.29, 1.82) is 0 Å². The summed E-state index contributed by atoms with van der Waals surface area (Å²) in [4.78, 5) is 13.8. The Morgan fingerprint density at radius 3 is 2.42 bits per heavy atom. The Morgan fingerprint density at radius 1 is 1.42 bits per heavy atom. The van der Waals surface area contributed by atoms with Crippen LogP contribution >= 0.6 is 23.2 Å². The summed E-state index contributed by atoms with van der Waals surface area (Å²) in [7, 11) is 0. The molecule has 1 aromatic rings. The number of hydrogen-bond donors (Lipinski definition) is 0. The van der Waals surface area contributed by atoms with Crippen molar-refractivity contribution in [2.24, 2.45) is 0 Å². The van der Waals surface area contributed by atoms with Crippen LogP contribution in [0.15, 0.2) is 12.3 Å². The van der Waals surface area contributed by atoms with Gasteiger partial charge in [0.25, 0.3) is 0 Å². The number of rotatable bonds is 1. The maximum absolute atomic E-state index is 10.2. The minimum absolute atomic E-state index is 0.288. The Hall–Kier alpha value is -0.600. The molecule has 1 heterocycles. The van der Waals surface area contributed by atoms with Crippen molar-refractivity contribution in [2.75, 3.05) is 0 Å². The van der Waals surface area contributed by atoms with Crippen LogP contribution in [0.2, 0.25) is 10.2 Å². The Morgan fingerprint density at radius 2 is 2.00 bits per heavy atom. The Balaban J connectivity index is 0.000000561. The molecule has 0 aliphatic heterocycles. The van der Waals surface area contributed by atoms with Gasteiger partial charge in [-0.05, 0) is 6.07 Å². The lowest BCUT2D eigenvalue weighted by atomic mass is 10.3. The molecule has 0 bridgehead atoms. The molecule has 0 atom stereocenters. The topological polar surface area (TPSA) is 30.0 Å². The molecule has 0 spiro atoms. The minimum Gasteiger partial charge on any atom is -0.298 e. The first kappa shape index (κ1) is 11.4. The average Bonchev–Trinajstić information content (AvgIpc) is 2.08. The number of pyridine rings is 1. The second-order valence-corrected chi connectivity index (χ2v) is 2.44. The van der Waals surface area contributed by atoms with Gasteiger partial charge in [-0.1, -0.05) is 37.0 Å². The SMILES string of the molecule is CC.O=Cc1cnc(Cl)cc1Cl. The molecule has 0 fully saturated rings. The highest BCUT2D eigenvalue weighted by molar-refractivity contribution is 6.35. The summed E-state index contributed by atoms with van der Waals surface area (Å²) >= 11 is 11.0. The van der Waals surface area contributed by atoms with E-state index in [9.17, 15) is 4.79 Å². The molecular weight excluding hydrogens is 197 g/mol. The van der Waals surface area contributed by atoms with E-state index < -0.39 is 0 Å². The van der Waals surface area contributed by atoms with E-state index >= 15 is 0 Å². The van der Waals surface area contributed by atoms with Crippen LogP contribution in [0.3, 0.4) is 0 Å². The van der Waals surface area contributed by atoms with E-state index in [1.165, 1.54) is 12.3 Å². The zero-order valence-corrected chi connectivity index (χ0v) is 8.36. The predicted molar refractivity (Wildman–Crippen MR) is 51.0 cm³/mol. The highest BCUT2D eigenvalue weighted by Gasteiger charge is 1.98. The molecule has 1 aromatic heterocycles. The van der Waals surface area contributed by atoms with E-state index in [0.29, 0.717) is 16.9 Å². The Bertz CT molecular complexity index is 263. The maximum Gasteiger partial charge on any atom is 0.153 e. The number of aldehydes is 1. The molecule has 0 amide bonds. The molecular formula is C8H9Cl2NO. The summed E-state index contributed by atoms with van der Waals surface area (Å²) in [5.41, 5.74) is 0.353. The van der Waals surface area contributed by atoms with Gasteiger partial charge in [0.2, 0.25) is 0 Å². The van der Waals surface area contributed by atoms with Crippen molar-refractivity contribution in [3.8, 4) is 0 Å². The van der Waals surface area contributed by atoms with E-state index in [-0.39, 0.29) is 5.15 Å². The summed E-state index contributed by atoms with van der Waals surface area (Å²) in [6.45, 7) is 4.00. The lowest BCUT2D eigenvalue weighted by Crippen LogP contribution is -1.83. The quantitative estimate of drug-likeness (QED) is 0.521. The number of carbonyl (C=O) groups excluding carboxylic acids is 1. The lowest BCUT2D eigenvalue weighted by molar-refractivity contribution is 0.112. The highest BCUT2D eigenvalue weighted by atomic mass is 35.5. The second kappa shape index (κ2) is 5.98. The van der Waals surface area contributed by atoms with E-state index in [0.717, 1.165) is 0 Å². The first-order valence-electron chi connectivity index (χ1n) is 3.50. The third-order valence-corrected chi connectivity index (χ3v) is 1.51. The van der Waals surface area contributed by atoms with Crippen molar-refractivity contribution < 1.29 is 4.79 Å². The molecule has 0 saturated heterocycles. The van der Waals surface area contributed by atoms with E-state index in [1.807, 2.05) is 13.8 Å². The maximum atomic E-state index is 10.2. The predicted octanol–water partition coefficient (Wildman–Crippen LogP) is 3.23. The molecule has 0 saturated carbocycles. The van der Waals surface area contributed by atoms with Gasteiger partial charge in [0.1, 0.15) is 5.15 Å². The zero-order chi connectivity index (χ0) is 9.56. The van der Waals surface area contributed by atoms with Crippen molar-refractivity contribution in [3.05, 3.63) is 28.0 Å². The Kier molecular flexibility index (Phi) is 5.68. The van der Waals surface area contributed by atoms with Gasteiger partial charge in [0.05, 0.1) is 10.6 Å². The lowest BCUT2D eigenvalue weighted by Gasteiger charge is -1.93. The molecule has 1 rings (SSSR count). The molecule has 0 unspecified atom stereocenters. The van der Waals surface area contributed by atoms with Crippen LogP contribution in [0, 0.1) is 0 Å². The number of aromatic nitrogens is 1. The molecule has 0 aliphatic carbocycles. The van der Waals surface area contributed by atoms with Gasteiger partial charge in [-0.3, -0.25) is 4.79 Å². The van der Waals surface area contributed by atoms with Crippen LogP contribution in [0.5, 0.6) is 0 Å². The molecule has 2 nitrogen and oxygen atoms in total. The van der Waals surface area contributed by atoms with Crippen LogP contribution in [0.25, 0.3) is 0 Å². The summed E-state index contributed by atoms with van der Waals surface area (Å²) in [5.74, 6) is 0. The van der Waals surface area contributed by atoms with Gasteiger partial charge >= 0.3 is 0 Å². The summed E-state index contributed by atoms with van der Waals surface area (Å²) in [5, 5.41) is 0.616. The van der Waals surface area contributed by atoms with Crippen molar-refractivity contribution in [1.82, 2.24) is 4.98 Å². The van der Waals surface area contributed by atoms with Crippen LogP contribution in [-0.4, -0.2) is 11.3 Å². The Labute approximate surface area is 81.5 Å². The largest absolute Gasteiger partial charge is 0.298 e. The minimum atomic E-state index is 0.288. The smallest absolute Gasteiger partial charge is 0.153 e. The number of nitrogens with zero attached hydrogens (tertiary/aromatic N) is 1. The molecule has 4 heteroatoms. The zero-order valence-electron chi connectivity index (χ0n) is 6.84. The van der Waals surface area contributed by atoms with E-state index in [4.69, 9.17) is 23.2 Å². The van der Waals surface area contributed by atoms with Crippen molar-refractivity contribution in [3.63, 3.8) is 0 Å². The normalized spacial score (nSPS) is 8.33. The molecule has 0 radical (unpaired) electrons. The van der Waals surface area contributed by atoms with Crippen LogP contribution in [-0.2, 0) is 0 Å². The van der Waals surface area contributed by atoms with Gasteiger partial charge in [-0.15, -0.1) is 0 Å². The molecule has 0 aliphatic rings.